The number of carbonyl (C=O) groups excluding carboxylic acids is 5. The molecule has 5 aromatic rings. The van der Waals surface area contributed by atoms with Gasteiger partial charge in [0.25, 0.3) is 11.8 Å². The lowest BCUT2D eigenvalue weighted by Crippen LogP contribution is -2.60. The van der Waals surface area contributed by atoms with Gasteiger partial charge in [0.15, 0.2) is 12.2 Å². The molecule has 14 nitrogen and oxygen atoms in total. The Morgan fingerprint density at radius 3 is 1.46 bits per heavy atom. The smallest absolute Gasteiger partial charge is 0.326 e. The van der Waals surface area contributed by atoms with Gasteiger partial charge in [-0.25, -0.2) is 4.79 Å². The van der Waals surface area contributed by atoms with Crippen LogP contribution in [0.25, 0.3) is 11.1 Å². The summed E-state index contributed by atoms with van der Waals surface area (Å²) in [6.45, 7) is 1.88. The average molecular weight is 826 g/mol. The Bertz CT molecular complexity index is 2320. The fourth-order valence-electron chi connectivity index (χ4n) is 6.87. The molecule has 0 aliphatic carbocycles. The summed E-state index contributed by atoms with van der Waals surface area (Å²) in [6.07, 6.45) is -4.97. The molecule has 5 amide bonds. The summed E-state index contributed by atoms with van der Waals surface area (Å²) in [5, 5.41) is 44.7. The molecule has 314 valence electrons. The van der Waals surface area contributed by atoms with Gasteiger partial charge in [0.2, 0.25) is 17.7 Å². The molecule has 2 bridgehead atoms. The van der Waals surface area contributed by atoms with Gasteiger partial charge < -0.3 is 41.9 Å². The van der Waals surface area contributed by atoms with Crippen LogP contribution in [0.3, 0.4) is 0 Å². The molecule has 0 saturated heterocycles. The number of benzene rings is 5. The van der Waals surface area contributed by atoms with Crippen molar-refractivity contribution >= 4 is 41.2 Å². The number of aryl methyl sites for hydroxylation is 1. The van der Waals surface area contributed by atoms with Crippen LogP contribution in [0.15, 0.2) is 133 Å². The molecular formula is C47H47N5O9. The van der Waals surface area contributed by atoms with Crippen LogP contribution in [0.5, 0.6) is 0 Å². The summed E-state index contributed by atoms with van der Waals surface area (Å²) in [7, 11) is 0. The third-order valence-electron chi connectivity index (χ3n) is 10.4. The molecule has 61 heavy (non-hydrogen) atoms. The fraction of sp³-hybridized carbons (Fsp3) is 0.234. The molecule has 8 N–H and O–H groups in total. The molecule has 6 atom stereocenters. The topological polar surface area (TPSA) is 223 Å². The van der Waals surface area contributed by atoms with E-state index in [9.17, 15) is 44.1 Å². The van der Waals surface area contributed by atoms with E-state index >= 15 is 0 Å². The predicted octanol–water partition coefficient (Wildman–Crippen LogP) is 2.63. The van der Waals surface area contributed by atoms with Crippen LogP contribution in [0.2, 0.25) is 0 Å². The quantitative estimate of drug-likeness (QED) is 0.108. The largest absolute Gasteiger partial charge is 0.480 e. The van der Waals surface area contributed by atoms with Gasteiger partial charge in [0.1, 0.15) is 24.2 Å². The number of hydrogen-bond acceptors (Lipinski definition) is 8. The van der Waals surface area contributed by atoms with Gasteiger partial charge in [-0.2, -0.15) is 0 Å². The Morgan fingerprint density at radius 2 is 0.934 bits per heavy atom. The van der Waals surface area contributed by atoms with Gasteiger partial charge in [-0.1, -0.05) is 127 Å². The number of aliphatic carboxylic acids is 1. The maximum absolute atomic E-state index is 14.5. The highest BCUT2D eigenvalue weighted by molar-refractivity contribution is 6.00. The Labute approximate surface area is 352 Å². The van der Waals surface area contributed by atoms with Crippen molar-refractivity contribution in [3.8, 4) is 11.1 Å². The third kappa shape index (κ3) is 12.0. The van der Waals surface area contributed by atoms with Crippen molar-refractivity contribution in [2.75, 3.05) is 5.32 Å². The molecule has 2 heterocycles. The highest BCUT2D eigenvalue weighted by Gasteiger charge is 2.35. The first kappa shape index (κ1) is 43.4. The second-order valence-electron chi connectivity index (χ2n) is 15.0. The molecule has 0 saturated carbocycles. The standard InChI is InChI=1S/C47H47N5O9/c1-28-12-14-30(15-13-28)25-38-43(56)50-37(26-31-16-20-34(21-17-31)33-10-6-3-7-11-33)42(55)49-36(24-29-8-4-2-5-9-29)44(57)52-39(47(60)61)27-32-18-22-35(23-19-32)48-45(58)40(53)41(54)46(59)51-38/h2-23,36-41,53-54H,24-27H2,1H3,(H,48,58)(H,49,55)(H,50,56)(H,51,59)(H,52,57)(H,60,61)/t36-,37+,38-,39+,40-,41-/m1/s1. The summed E-state index contributed by atoms with van der Waals surface area (Å²) in [4.78, 5) is 81.8. The van der Waals surface area contributed by atoms with Crippen molar-refractivity contribution in [3.05, 3.63) is 161 Å². The number of amides is 5. The van der Waals surface area contributed by atoms with E-state index in [2.05, 4.69) is 26.6 Å². The normalized spacial score (nSPS) is 21.8. The first-order valence-corrected chi connectivity index (χ1v) is 19.8. The minimum absolute atomic E-state index is 0.0299. The van der Waals surface area contributed by atoms with Crippen molar-refractivity contribution in [1.82, 2.24) is 21.3 Å². The van der Waals surface area contributed by atoms with Crippen molar-refractivity contribution in [2.45, 2.75) is 69.0 Å². The number of nitrogens with one attached hydrogen (secondary N) is 5. The predicted molar refractivity (Wildman–Crippen MR) is 227 cm³/mol. The van der Waals surface area contributed by atoms with E-state index < -0.39 is 71.9 Å². The average Bonchev–Trinajstić information content (AvgIpc) is 3.26. The Balaban J connectivity index is 1.38. The van der Waals surface area contributed by atoms with E-state index in [1.807, 2.05) is 49.4 Å². The zero-order valence-electron chi connectivity index (χ0n) is 33.3. The van der Waals surface area contributed by atoms with Crippen molar-refractivity contribution in [3.63, 3.8) is 0 Å². The maximum atomic E-state index is 14.5. The zero-order chi connectivity index (χ0) is 43.5. The second kappa shape index (κ2) is 20.2. The van der Waals surface area contributed by atoms with Gasteiger partial charge >= 0.3 is 5.97 Å². The molecule has 5 aromatic carbocycles. The lowest BCUT2D eigenvalue weighted by Gasteiger charge is -2.27. The highest BCUT2D eigenvalue weighted by atomic mass is 16.4. The van der Waals surface area contributed by atoms with Crippen LogP contribution in [-0.4, -0.2) is 87.2 Å². The highest BCUT2D eigenvalue weighted by Crippen LogP contribution is 2.20. The minimum atomic E-state index is -2.31. The molecule has 0 aromatic heterocycles. The van der Waals surface area contributed by atoms with Gasteiger partial charge in [-0.3, -0.25) is 24.0 Å². The number of aliphatic hydroxyl groups excluding tert-OH is 2. The molecule has 0 fully saturated rings. The molecule has 0 unspecified atom stereocenters. The molecule has 2 aliphatic heterocycles. The summed E-state index contributed by atoms with van der Waals surface area (Å²) < 4.78 is 0. The van der Waals surface area contributed by atoms with Gasteiger partial charge in [-0.15, -0.1) is 0 Å². The van der Waals surface area contributed by atoms with E-state index in [0.29, 0.717) is 22.3 Å². The number of carbonyl (C=O) groups is 6. The van der Waals surface area contributed by atoms with Crippen LogP contribution in [0.1, 0.15) is 27.8 Å². The summed E-state index contributed by atoms with van der Waals surface area (Å²) in [5.74, 6) is -6.11. The van der Waals surface area contributed by atoms with Crippen LogP contribution in [0, 0.1) is 6.92 Å². The van der Waals surface area contributed by atoms with Crippen molar-refractivity contribution < 1.29 is 44.1 Å². The number of carboxylic acids is 1. The molecular weight excluding hydrogens is 779 g/mol. The number of aliphatic hydroxyl groups is 2. The minimum Gasteiger partial charge on any atom is -0.480 e. The number of rotatable bonds is 8. The second-order valence-corrected chi connectivity index (χ2v) is 15.0. The third-order valence-corrected chi connectivity index (χ3v) is 10.4. The lowest BCUT2D eigenvalue weighted by molar-refractivity contribution is -0.145. The zero-order valence-corrected chi connectivity index (χ0v) is 33.3. The van der Waals surface area contributed by atoms with E-state index in [1.54, 1.807) is 66.7 Å². The Kier molecular flexibility index (Phi) is 14.4. The van der Waals surface area contributed by atoms with E-state index in [0.717, 1.165) is 16.7 Å². The van der Waals surface area contributed by atoms with E-state index in [4.69, 9.17) is 0 Å². The van der Waals surface area contributed by atoms with Crippen LogP contribution >= 0.6 is 0 Å². The van der Waals surface area contributed by atoms with Crippen LogP contribution in [-0.2, 0) is 54.5 Å². The molecule has 0 radical (unpaired) electrons. The monoisotopic (exact) mass is 825 g/mol. The molecule has 2 aliphatic rings. The van der Waals surface area contributed by atoms with E-state index in [1.165, 1.54) is 24.3 Å². The van der Waals surface area contributed by atoms with Crippen LogP contribution in [0.4, 0.5) is 5.69 Å². The van der Waals surface area contributed by atoms with Gasteiger partial charge in [0.05, 0.1) is 0 Å². The number of anilines is 1. The number of fused-ring (bicyclic) bond motifs is 18. The summed E-state index contributed by atoms with van der Waals surface area (Å²) in [5.41, 5.74) is 5.32. The molecule has 14 heteroatoms. The molecule has 0 spiro atoms. The van der Waals surface area contributed by atoms with Crippen molar-refractivity contribution in [1.29, 1.82) is 0 Å². The number of carboxylic acid groups (broad SMARTS) is 1. The first-order valence-electron chi connectivity index (χ1n) is 19.8. The van der Waals surface area contributed by atoms with Gasteiger partial charge in [-0.05, 0) is 52.4 Å². The summed E-state index contributed by atoms with van der Waals surface area (Å²) >= 11 is 0. The van der Waals surface area contributed by atoms with Crippen molar-refractivity contribution in [2.24, 2.45) is 0 Å². The summed E-state index contributed by atoms with van der Waals surface area (Å²) in [6, 6.07) is 33.2. The maximum Gasteiger partial charge on any atom is 0.326 e. The molecule has 7 rings (SSSR count). The van der Waals surface area contributed by atoms with Crippen LogP contribution < -0.4 is 26.6 Å². The first-order chi connectivity index (χ1) is 29.3. The SMILES string of the molecule is Cc1ccc(C[C@H]2NC(=O)[C@H](O)[C@@H](O)C(=O)Nc3ccc(cc3)C[C@@H](C(=O)O)NC(=O)[C@@H](Cc3ccccc3)NC(=O)[C@H](Cc3ccc(-c4ccccc4)cc3)NC2=O)cc1. The van der Waals surface area contributed by atoms with E-state index in [-0.39, 0.29) is 31.4 Å². The lowest BCUT2D eigenvalue weighted by atomic mass is 9.98. The Hall–Kier alpha value is -7.16. The van der Waals surface area contributed by atoms with Gasteiger partial charge in [0, 0.05) is 31.4 Å². The number of hydrogen-bond donors (Lipinski definition) is 8. The fourth-order valence-corrected chi connectivity index (χ4v) is 6.87. The Morgan fingerprint density at radius 1 is 0.508 bits per heavy atom.